The topological polar surface area (TPSA) is 72.7 Å². The van der Waals surface area contributed by atoms with Crippen LogP contribution in [0.1, 0.15) is 23.7 Å². The molecular weight excluding hydrogens is 225 g/mol. The second kappa shape index (κ2) is 6.66. The molecule has 1 aromatic carbocycles. The number of nitrogens with one attached hydrogen (secondary N) is 1. The summed E-state index contributed by atoms with van der Waals surface area (Å²) in [7, 11) is 1.74. The number of rotatable bonds is 6. The minimum Gasteiger partial charge on any atom is -0.392 e. The van der Waals surface area contributed by atoms with Gasteiger partial charge in [-0.1, -0.05) is 6.07 Å². The van der Waals surface area contributed by atoms with Crippen LogP contribution in [0.15, 0.2) is 18.2 Å². The van der Waals surface area contributed by atoms with E-state index in [-0.39, 0.29) is 12.2 Å². The van der Waals surface area contributed by atoms with Crippen molar-refractivity contribution in [1.29, 1.82) is 0 Å². The molecule has 96 valence electrons. The van der Waals surface area contributed by atoms with Crippen molar-refractivity contribution in [2.45, 2.75) is 25.2 Å². The van der Waals surface area contributed by atoms with Gasteiger partial charge in [0.2, 0.25) is 0 Å². The molecule has 4 N–H and O–H groups in total. The molecule has 0 bridgehead atoms. The Balaban J connectivity index is 2.80. The summed E-state index contributed by atoms with van der Waals surface area (Å²) in [6.45, 7) is 0.254. The molecule has 0 spiro atoms. The molecular formula is C12H18FNO3. The van der Waals surface area contributed by atoms with Crippen LogP contribution in [-0.4, -0.2) is 35.0 Å². The van der Waals surface area contributed by atoms with E-state index < -0.39 is 18.0 Å². The van der Waals surface area contributed by atoms with E-state index in [4.69, 9.17) is 5.11 Å². The Morgan fingerprint density at radius 2 is 2.00 bits per heavy atom. The van der Waals surface area contributed by atoms with E-state index in [2.05, 4.69) is 5.32 Å². The summed E-state index contributed by atoms with van der Waals surface area (Å²) in [4.78, 5) is 0. The molecule has 1 rings (SSSR count). The Bertz CT molecular complexity index is 360. The first-order valence-corrected chi connectivity index (χ1v) is 5.49. The number of benzene rings is 1. The first-order chi connectivity index (χ1) is 8.08. The molecule has 0 radical (unpaired) electrons. The number of hydrogen-bond donors (Lipinski definition) is 4. The summed E-state index contributed by atoms with van der Waals surface area (Å²) in [5.74, 6) is -0.536. The lowest BCUT2D eigenvalue weighted by molar-refractivity contribution is 0.0138. The maximum atomic E-state index is 13.2. The van der Waals surface area contributed by atoms with Gasteiger partial charge in [0.15, 0.2) is 0 Å². The highest BCUT2D eigenvalue weighted by molar-refractivity contribution is 5.26. The number of halogens is 1. The Morgan fingerprint density at radius 1 is 1.29 bits per heavy atom. The molecule has 5 heteroatoms. The van der Waals surface area contributed by atoms with Gasteiger partial charge < -0.3 is 20.6 Å². The molecule has 0 aliphatic carbocycles. The predicted molar refractivity (Wildman–Crippen MR) is 61.8 cm³/mol. The van der Waals surface area contributed by atoms with Crippen molar-refractivity contribution in [3.8, 4) is 0 Å². The van der Waals surface area contributed by atoms with Crippen LogP contribution in [-0.2, 0) is 6.61 Å². The lowest BCUT2D eigenvalue weighted by Crippen LogP contribution is -2.23. The third kappa shape index (κ3) is 4.05. The maximum Gasteiger partial charge on any atom is 0.123 e. The predicted octanol–water partition coefficient (Wildman–Crippen LogP) is 0.322. The van der Waals surface area contributed by atoms with Crippen molar-refractivity contribution in [2.24, 2.45) is 0 Å². The van der Waals surface area contributed by atoms with E-state index in [9.17, 15) is 14.6 Å². The molecule has 0 aliphatic rings. The summed E-state index contributed by atoms with van der Waals surface area (Å²) in [6, 6.07) is 3.83. The van der Waals surface area contributed by atoms with Crippen LogP contribution in [0.5, 0.6) is 0 Å². The smallest absolute Gasteiger partial charge is 0.123 e. The van der Waals surface area contributed by atoms with Crippen molar-refractivity contribution < 1.29 is 19.7 Å². The van der Waals surface area contributed by atoms with E-state index in [1.165, 1.54) is 12.1 Å². The Kier molecular flexibility index (Phi) is 5.50. The number of hydrogen-bond acceptors (Lipinski definition) is 4. The van der Waals surface area contributed by atoms with Crippen molar-refractivity contribution in [3.05, 3.63) is 35.1 Å². The fourth-order valence-corrected chi connectivity index (χ4v) is 1.61. The molecule has 0 fully saturated rings. The summed E-state index contributed by atoms with van der Waals surface area (Å²) >= 11 is 0. The van der Waals surface area contributed by atoms with E-state index in [0.717, 1.165) is 6.07 Å². The fourth-order valence-electron chi connectivity index (χ4n) is 1.61. The summed E-state index contributed by atoms with van der Waals surface area (Å²) in [5, 5.41) is 31.3. The monoisotopic (exact) mass is 243 g/mol. The van der Waals surface area contributed by atoms with Gasteiger partial charge in [0.05, 0.1) is 12.7 Å². The minimum absolute atomic E-state index is 0.276. The lowest BCUT2D eigenvalue weighted by Gasteiger charge is -2.18. The van der Waals surface area contributed by atoms with Crippen molar-refractivity contribution >= 4 is 0 Å². The van der Waals surface area contributed by atoms with Gasteiger partial charge in [0, 0.05) is 0 Å². The summed E-state index contributed by atoms with van der Waals surface area (Å²) < 4.78 is 13.2. The number of aliphatic hydroxyl groups is 3. The molecule has 4 nitrogen and oxygen atoms in total. The molecule has 0 aromatic heterocycles. The maximum absolute atomic E-state index is 13.2. The van der Waals surface area contributed by atoms with Gasteiger partial charge in [0.25, 0.3) is 0 Å². The average molecular weight is 243 g/mol. The first kappa shape index (κ1) is 14.1. The molecule has 2 unspecified atom stereocenters. The minimum atomic E-state index is -1.15. The van der Waals surface area contributed by atoms with Crippen LogP contribution in [0.4, 0.5) is 4.39 Å². The standard InChI is InChI=1S/C12H18FNO3/c1-14-3-2-11(16)12(17)9-4-8(7-15)5-10(13)6-9/h4-6,11-12,14-17H,2-3,7H2,1H3. The van der Waals surface area contributed by atoms with Crippen LogP contribution < -0.4 is 5.32 Å². The Morgan fingerprint density at radius 3 is 2.59 bits per heavy atom. The van der Waals surface area contributed by atoms with E-state index in [1.807, 2.05) is 0 Å². The van der Waals surface area contributed by atoms with Crippen LogP contribution >= 0.6 is 0 Å². The van der Waals surface area contributed by atoms with Gasteiger partial charge in [-0.2, -0.15) is 0 Å². The van der Waals surface area contributed by atoms with Crippen molar-refractivity contribution in [2.75, 3.05) is 13.6 Å². The van der Waals surface area contributed by atoms with Crippen LogP contribution in [0.3, 0.4) is 0 Å². The van der Waals surface area contributed by atoms with E-state index >= 15 is 0 Å². The van der Waals surface area contributed by atoms with Gasteiger partial charge in [0.1, 0.15) is 11.9 Å². The molecule has 17 heavy (non-hydrogen) atoms. The Labute approximate surface area is 99.7 Å². The van der Waals surface area contributed by atoms with Gasteiger partial charge in [-0.25, -0.2) is 4.39 Å². The summed E-state index contributed by atoms with van der Waals surface area (Å²) in [5.41, 5.74) is 0.650. The first-order valence-electron chi connectivity index (χ1n) is 5.49. The molecule has 0 amide bonds. The second-order valence-corrected chi connectivity index (χ2v) is 3.96. The largest absolute Gasteiger partial charge is 0.392 e. The zero-order valence-corrected chi connectivity index (χ0v) is 9.73. The van der Waals surface area contributed by atoms with Crippen LogP contribution in [0.25, 0.3) is 0 Å². The highest BCUT2D eigenvalue weighted by atomic mass is 19.1. The Hall–Kier alpha value is -1.01. The molecule has 0 heterocycles. The van der Waals surface area contributed by atoms with Crippen molar-refractivity contribution in [3.63, 3.8) is 0 Å². The zero-order valence-electron chi connectivity index (χ0n) is 9.73. The van der Waals surface area contributed by atoms with Crippen LogP contribution in [0.2, 0.25) is 0 Å². The zero-order chi connectivity index (χ0) is 12.8. The van der Waals surface area contributed by atoms with Gasteiger partial charge >= 0.3 is 0 Å². The fraction of sp³-hybridized carbons (Fsp3) is 0.500. The molecule has 0 aliphatic heterocycles. The van der Waals surface area contributed by atoms with Gasteiger partial charge in [-0.05, 0) is 43.3 Å². The SMILES string of the molecule is CNCCC(O)C(O)c1cc(F)cc(CO)c1. The molecule has 0 saturated heterocycles. The number of aliphatic hydroxyl groups excluding tert-OH is 3. The lowest BCUT2D eigenvalue weighted by atomic mass is 10.00. The molecule has 0 saturated carbocycles. The van der Waals surface area contributed by atoms with E-state index in [0.29, 0.717) is 18.5 Å². The molecule has 2 atom stereocenters. The highest BCUT2D eigenvalue weighted by Gasteiger charge is 2.18. The second-order valence-electron chi connectivity index (χ2n) is 3.96. The third-order valence-corrected chi connectivity index (χ3v) is 2.56. The summed E-state index contributed by atoms with van der Waals surface area (Å²) in [6.07, 6.45) is -1.75. The van der Waals surface area contributed by atoms with Gasteiger partial charge in [-0.15, -0.1) is 0 Å². The normalized spacial score (nSPS) is 14.6. The van der Waals surface area contributed by atoms with E-state index in [1.54, 1.807) is 7.05 Å². The van der Waals surface area contributed by atoms with Gasteiger partial charge in [-0.3, -0.25) is 0 Å². The molecule has 1 aromatic rings. The average Bonchev–Trinajstić information content (AvgIpc) is 2.34. The third-order valence-electron chi connectivity index (χ3n) is 2.56. The van der Waals surface area contributed by atoms with Crippen LogP contribution in [0, 0.1) is 5.82 Å². The quantitative estimate of drug-likeness (QED) is 0.580. The van der Waals surface area contributed by atoms with Crippen molar-refractivity contribution in [1.82, 2.24) is 5.32 Å². The highest BCUT2D eigenvalue weighted by Crippen LogP contribution is 2.21.